The number of carbonyl (C=O) groups is 1. The van der Waals surface area contributed by atoms with Crippen molar-refractivity contribution in [2.75, 3.05) is 29.9 Å². The highest BCUT2D eigenvalue weighted by molar-refractivity contribution is 7.92. The monoisotopic (exact) mass is 539 g/mol. The predicted molar refractivity (Wildman–Crippen MR) is 136 cm³/mol. The van der Waals surface area contributed by atoms with Gasteiger partial charge in [0.25, 0.3) is 0 Å². The van der Waals surface area contributed by atoms with Gasteiger partial charge in [0, 0.05) is 49.2 Å². The molecule has 0 radical (unpaired) electrons. The van der Waals surface area contributed by atoms with Crippen LogP contribution in [-0.2, 0) is 10.0 Å². The maximum absolute atomic E-state index is 14.5. The number of hydrogen-bond donors (Lipinski definition) is 3. The number of benzene rings is 1. The van der Waals surface area contributed by atoms with Gasteiger partial charge >= 0.3 is 6.09 Å². The van der Waals surface area contributed by atoms with Gasteiger partial charge in [0.2, 0.25) is 16.0 Å². The summed E-state index contributed by atoms with van der Waals surface area (Å²) in [6.45, 7) is 5.83. The fourth-order valence-corrected chi connectivity index (χ4v) is 4.10. The van der Waals surface area contributed by atoms with Crippen molar-refractivity contribution < 1.29 is 22.7 Å². The number of nitrogens with one attached hydrogen (secondary N) is 2. The maximum Gasteiger partial charge on any atom is 0.407 e. The Bertz CT molecular complexity index is 1380. The van der Waals surface area contributed by atoms with Crippen LogP contribution in [-0.4, -0.2) is 70.2 Å². The molecule has 194 valence electrons. The summed E-state index contributed by atoms with van der Waals surface area (Å²) in [6.07, 6.45) is 3.15. The Labute approximate surface area is 213 Å². The lowest BCUT2D eigenvalue weighted by Gasteiger charge is -2.21. The van der Waals surface area contributed by atoms with Crippen molar-refractivity contribution >= 4 is 39.4 Å². The van der Waals surface area contributed by atoms with E-state index in [2.05, 4.69) is 25.1 Å². The van der Waals surface area contributed by atoms with Gasteiger partial charge in [-0.25, -0.2) is 27.6 Å². The minimum atomic E-state index is -3.71. The molecule has 0 spiro atoms. The van der Waals surface area contributed by atoms with Gasteiger partial charge in [-0.05, 0) is 39.0 Å². The molecule has 0 aliphatic rings. The molecule has 0 unspecified atom stereocenters. The molecule has 3 N–H and O–H groups in total. The van der Waals surface area contributed by atoms with E-state index < -0.39 is 21.9 Å². The first-order valence-electron chi connectivity index (χ1n) is 10.9. The summed E-state index contributed by atoms with van der Waals surface area (Å²) >= 11 is 6.50. The van der Waals surface area contributed by atoms with Gasteiger partial charge in [-0.3, -0.25) is 9.40 Å². The minimum Gasteiger partial charge on any atom is -0.465 e. The van der Waals surface area contributed by atoms with Crippen LogP contribution in [0.25, 0.3) is 22.5 Å². The highest BCUT2D eigenvalue weighted by atomic mass is 35.5. The molecule has 0 aliphatic carbocycles. The summed E-state index contributed by atoms with van der Waals surface area (Å²) < 4.78 is 41.9. The van der Waals surface area contributed by atoms with E-state index in [-0.39, 0.29) is 40.9 Å². The van der Waals surface area contributed by atoms with Crippen molar-refractivity contribution in [3.8, 4) is 22.5 Å². The van der Waals surface area contributed by atoms with Gasteiger partial charge in [0.15, 0.2) is 0 Å². The second-order valence-electron chi connectivity index (χ2n) is 8.54. The largest absolute Gasteiger partial charge is 0.465 e. The molecule has 3 aromatic rings. The zero-order valence-corrected chi connectivity index (χ0v) is 21.9. The lowest BCUT2D eigenvalue weighted by atomic mass is 10.0. The van der Waals surface area contributed by atoms with Crippen LogP contribution >= 0.6 is 11.6 Å². The molecule has 1 amide bonds. The smallest absolute Gasteiger partial charge is 0.407 e. The van der Waals surface area contributed by atoms with Crippen molar-refractivity contribution in [3.05, 3.63) is 41.4 Å². The molecule has 11 nitrogen and oxygen atoms in total. The number of rotatable bonds is 9. The average Bonchev–Trinajstić information content (AvgIpc) is 3.24. The summed E-state index contributed by atoms with van der Waals surface area (Å²) in [5, 5.41) is 16.7. The molecule has 3 rings (SSSR count). The lowest BCUT2D eigenvalue weighted by Crippen LogP contribution is -2.38. The Morgan fingerprint density at radius 2 is 1.97 bits per heavy atom. The summed E-state index contributed by atoms with van der Waals surface area (Å²) in [5.41, 5.74) is 1.34. The zero-order valence-electron chi connectivity index (χ0n) is 20.3. The van der Waals surface area contributed by atoms with Gasteiger partial charge < -0.3 is 15.3 Å². The first-order chi connectivity index (χ1) is 16.8. The highest BCUT2D eigenvalue weighted by Crippen LogP contribution is 2.39. The number of aromatic nitrogens is 4. The number of amides is 1. The number of carboxylic acid groups (broad SMARTS) is 1. The summed E-state index contributed by atoms with van der Waals surface area (Å²) in [7, 11) is -2.25. The molecular weight excluding hydrogens is 513 g/mol. The second kappa shape index (κ2) is 10.7. The van der Waals surface area contributed by atoms with E-state index >= 15 is 0 Å². The normalized spacial score (nSPS) is 12.4. The van der Waals surface area contributed by atoms with Crippen LogP contribution in [0.15, 0.2) is 30.6 Å². The highest BCUT2D eigenvalue weighted by Gasteiger charge is 2.22. The van der Waals surface area contributed by atoms with E-state index in [4.69, 9.17) is 16.7 Å². The van der Waals surface area contributed by atoms with Gasteiger partial charge in [-0.2, -0.15) is 5.10 Å². The van der Waals surface area contributed by atoms with Crippen LogP contribution in [0.2, 0.25) is 5.02 Å². The Morgan fingerprint density at radius 1 is 1.28 bits per heavy atom. The Balaban J connectivity index is 2.06. The third-order valence-electron chi connectivity index (χ3n) is 5.30. The molecular formula is C22H27ClFN7O4S. The minimum absolute atomic E-state index is 0.0185. The summed E-state index contributed by atoms with van der Waals surface area (Å²) in [5.74, 6) is -0.446. The van der Waals surface area contributed by atoms with E-state index in [1.807, 2.05) is 13.8 Å². The first-order valence-corrected chi connectivity index (χ1v) is 13.1. The second-order valence-corrected chi connectivity index (χ2v) is 10.7. The number of sulfonamides is 1. The van der Waals surface area contributed by atoms with Crippen LogP contribution in [0, 0.1) is 5.82 Å². The van der Waals surface area contributed by atoms with Crippen molar-refractivity contribution in [1.82, 2.24) is 24.6 Å². The van der Waals surface area contributed by atoms with E-state index in [0.717, 1.165) is 17.2 Å². The molecule has 1 atom stereocenters. The van der Waals surface area contributed by atoms with Crippen LogP contribution in [0.1, 0.15) is 26.8 Å². The fourth-order valence-electron chi connectivity index (χ4n) is 3.24. The van der Waals surface area contributed by atoms with E-state index in [9.17, 15) is 17.6 Å². The van der Waals surface area contributed by atoms with Crippen LogP contribution in [0.4, 0.5) is 20.8 Å². The zero-order chi connectivity index (χ0) is 26.8. The molecule has 0 bridgehead atoms. The van der Waals surface area contributed by atoms with Crippen molar-refractivity contribution in [2.45, 2.75) is 32.9 Å². The van der Waals surface area contributed by atoms with E-state index in [1.54, 1.807) is 23.9 Å². The third-order valence-corrected chi connectivity index (χ3v) is 6.30. The molecule has 0 fully saturated rings. The quantitative estimate of drug-likeness (QED) is 0.368. The Morgan fingerprint density at radius 3 is 2.58 bits per heavy atom. The van der Waals surface area contributed by atoms with Crippen molar-refractivity contribution in [3.63, 3.8) is 0 Å². The summed E-state index contributed by atoms with van der Waals surface area (Å²) in [4.78, 5) is 21.0. The number of nitrogens with zero attached hydrogens (tertiary/aromatic N) is 5. The van der Waals surface area contributed by atoms with E-state index in [1.165, 1.54) is 19.3 Å². The Hall–Kier alpha value is -3.45. The average molecular weight is 540 g/mol. The topological polar surface area (TPSA) is 142 Å². The molecule has 2 heterocycles. The Kier molecular flexibility index (Phi) is 8.04. The molecule has 1 aromatic carbocycles. The third kappa shape index (κ3) is 6.40. The predicted octanol–water partition coefficient (Wildman–Crippen LogP) is 4.16. The first kappa shape index (κ1) is 27.1. The van der Waals surface area contributed by atoms with E-state index in [0.29, 0.717) is 17.0 Å². The fraction of sp³-hybridized carbons (Fsp3) is 0.364. The molecule has 36 heavy (non-hydrogen) atoms. The van der Waals surface area contributed by atoms with Crippen molar-refractivity contribution in [2.24, 2.45) is 0 Å². The van der Waals surface area contributed by atoms with Gasteiger partial charge in [0.05, 0.1) is 22.7 Å². The number of anilines is 2. The molecule has 14 heteroatoms. The van der Waals surface area contributed by atoms with Gasteiger partial charge in [-0.15, -0.1) is 0 Å². The van der Waals surface area contributed by atoms with Crippen LogP contribution in [0.5, 0.6) is 0 Å². The molecule has 0 saturated carbocycles. The van der Waals surface area contributed by atoms with Crippen LogP contribution < -0.4 is 10.0 Å². The van der Waals surface area contributed by atoms with Crippen LogP contribution in [0.3, 0.4) is 0 Å². The van der Waals surface area contributed by atoms with Gasteiger partial charge in [-0.1, -0.05) is 11.6 Å². The maximum atomic E-state index is 14.5. The lowest BCUT2D eigenvalue weighted by molar-refractivity contribution is 0.144. The van der Waals surface area contributed by atoms with Crippen molar-refractivity contribution in [1.29, 1.82) is 0 Å². The summed E-state index contributed by atoms with van der Waals surface area (Å²) in [6, 6.07) is 3.42. The number of halogens is 2. The number of likely N-dealkylation sites (N-methyl/N-ethyl adjacent to an activating group) is 1. The number of hydrogen-bond acceptors (Lipinski definition) is 7. The SMILES string of the molecule is CC(C)n1cc(-c2ccnc(NC[C@H](C)N(C)C(=O)O)n2)c(-c2cc(F)cc(NS(C)(=O)=O)c2Cl)n1. The molecule has 0 aliphatic heterocycles. The van der Waals surface area contributed by atoms with Gasteiger partial charge in [0.1, 0.15) is 11.5 Å². The molecule has 0 saturated heterocycles. The standard InChI is InChI=1S/C22H27ClFN7O4S/c1-12(2)31-11-16(17-6-7-25-21(27-17)26-10-13(3)30(4)22(32)33)20(28-31)15-8-14(24)9-18(19(15)23)29-36(5,34)35/h6-9,11-13,29H,10H2,1-5H3,(H,32,33)(H,25,26,27)/t13-/m0/s1. The molecule has 2 aromatic heterocycles.